The fourth-order valence-electron chi connectivity index (χ4n) is 1.15. The van der Waals surface area contributed by atoms with Crippen molar-refractivity contribution >= 4 is 27.3 Å². The Kier molecular flexibility index (Phi) is 4.56. The third-order valence-electron chi connectivity index (χ3n) is 2.05. The van der Waals surface area contributed by atoms with Gasteiger partial charge in [-0.1, -0.05) is 6.92 Å². The number of hydrogen-bond donors (Lipinski definition) is 1. The van der Waals surface area contributed by atoms with E-state index >= 15 is 0 Å². The lowest BCUT2D eigenvalue weighted by atomic mass is 10.2. The topological polar surface area (TPSA) is 59.1 Å². The molecule has 6 heteroatoms. The number of alkyl halides is 1. The molecule has 0 bridgehead atoms. The van der Waals surface area contributed by atoms with Gasteiger partial charge >= 0.3 is 0 Å². The first-order valence-corrected chi connectivity index (χ1v) is 7.32. The van der Waals surface area contributed by atoms with Crippen molar-refractivity contribution in [3.63, 3.8) is 0 Å². The van der Waals surface area contributed by atoms with Crippen molar-refractivity contribution in [3.05, 3.63) is 18.3 Å². The number of nitrogens with one attached hydrogen (secondary N) is 1. The second-order valence-electron chi connectivity index (χ2n) is 3.76. The number of nitrogens with zero attached hydrogens (tertiary/aromatic N) is 1. The molecule has 1 aromatic rings. The molecule has 0 aliphatic heterocycles. The van der Waals surface area contributed by atoms with Crippen LogP contribution in [0.15, 0.2) is 23.2 Å². The maximum Gasteiger partial charge on any atom is 0.179 e. The van der Waals surface area contributed by atoms with Gasteiger partial charge in [0.15, 0.2) is 9.84 Å². The highest BCUT2D eigenvalue weighted by Gasteiger charge is 2.13. The largest absolute Gasteiger partial charge is 0.369 e. The summed E-state index contributed by atoms with van der Waals surface area (Å²) in [4.78, 5) is 4.24. The van der Waals surface area contributed by atoms with E-state index in [1.807, 2.05) is 6.92 Å². The van der Waals surface area contributed by atoms with Crippen LogP contribution in [0.4, 0.5) is 5.82 Å². The Morgan fingerprint density at radius 3 is 2.81 bits per heavy atom. The lowest BCUT2D eigenvalue weighted by Crippen LogP contribution is -2.15. The van der Waals surface area contributed by atoms with E-state index in [2.05, 4.69) is 10.3 Å². The lowest BCUT2D eigenvalue weighted by molar-refractivity contribution is 0.601. The number of anilines is 1. The molecule has 1 N–H and O–H groups in total. The minimum atomic E-state index is -3.25. The van der Waals surface area contributed by atoms with Crippen molar-refractivity contribution in [2.75, 3.05) is 24.0 Å². The minimum absolute atomic E-state index is 0.219. The van der Waals surface area contributed by atoms with E-state index in [1.165, 1.54) is 12.3 Å². The van der Waals surface area contributed by atoms with E-state index in [-0.39, 0.29) is 10.8 Å². The Balaban J connectivity index is 2.88. The van der Waals surface area contributed by atoms with Gasteiger partial charge in [0, 0.05) is 24.9 Å². The molecule has 0 aliphatic rings. The molecule has 0 saturated carbocycles. The highest BCUT2D eigenvalue weighted by atomic mass is 35.5. The molecule has 16 heavy (non-hydrogen) atoms. The average molecular weight is 263 g/mol. The summed E-state index contributed by atoms with van der Waals surface area (Å²) < 4.78 is 22.9. The minimum Gasteiger partial charge on any atom is -0.369 e. The van der Waals surface area contributed by atoms with Crippen LogP contribution < -0.4 is 5.32 Å². The first-order chi connectivity index (χ1) is 7.45. The molecule has 0 aliphatic carbocycles. The van der Waals surface area contributed by atoms with Crippen LogP contribution in [0, 0.1) is 5.92 Å². The van der Waals surface area contributed by atoms with Crippen LogP contribution in [0.25, 0.3) is 0 Å². The number of sulfone groups is 1. The maximum atomic E-state index is 11.5. The predicted octanol–water partition coefficient (Wildman–Crippen LogP) is 1.77. The van der Waals surface area contributed by atoms with Crippen molar-refractivity contribution in [2.24, 2.45) is 5.92 Å². The molecule has 0 aromatic carbocycles. The van der Waals surface area contributed by atoms with Gasteiger partial charge in [-0.3, -0.25) is 0 Å². The normalized spacial score (nSPS) is 13.4. The molecule has 1 atom stereocenters. The molecule has 0 saturated heterocycles. The zero-order chi connectivity index (χ0) is 12.2. The van der Waals surface area contributed by atoms with E-state index < -0.39 is 9.84 Å². The number of pyridine rings is 1. The van der Waals surface area contributed by atoms with Crippen molar-refractivity contribution in [1.82, 2.24) is 4.98 Å². The fraction of sp³-hybridized carbons (Fsp3) is 0.500. The van der Waals surface area contributed by atoms with Gasteiger partial charge in [-0.05, 0) is 18.1 Å². The van der Waals surface area contributed by atoms with Crippen LogP contribution in [0.5, 0.6) is 0 Å². The Labute approximate surface area is 101 Å². The molecule has 1 aromatic heterocycles. The zero-order valence-electron chi connectivity index (χ0n) is 9.27. The molecular formula is C10H15ClN2O2S. The van der Waals surface area contributed by atoms with Gasteiger partial charge < -0.3 is 5.32 Å². The molecule has 0 spiro atoms. The van der Waals surface area contributed by atoms with Crippen molar-refractivity contribution in [1.29, 1.82) is 0 Å². The zero-order valence-corrected chi connectivity index (χ0v) is 10.8. The fourth-order valence-corrected chi connectivity index (χ4v) is 2.06. The number of aromatic nitrogens is 1. The molecule has 1 heterocycles. The summed E-state index contributed by atoms with van der Waals surface area (Å²) in [6.07, 6.45) is 2.72. The molecule has 0 fully saturated rings. The summed E-state index contributed by atoms with van der Waals surface area (Å²) in [6, 6.07) is 3.14. The van der Waals surface area contributed by atoms with Crippen molar-refractivity contribution < 1.29 is 8.42 Å². The second-order valence-corrected chi connectivity index (χ2v) is 6.06. The van der Waals surface area contributed by atoms with E-state index in [0.717, 1.165) is 0 Å². The smallest absolute Gasteiger partial charge is 0.179 e. The standard InChI is InChI=1S/C10H15ClN2O2S/c1-8(6-11)7-13-10-9(16(2,14)15)4-3-5-12-10/h3-5,8H,6-7H2,1-2H3,(H,12,13). The van der Waals surface area contributed by atoms with E-state index in [9.17, 15) is 8.42 Å². The summed E-state index contributed by atoms with van der Waals surface area (Å²) in [6.45, 7) is 2.58. The van der Waals surface area contributed by atoms with E-state index in [1.54, 1.807) is 12.3 Å². The molecule has 0 amide bonds. The summed E-state index contributed by atoms with van der Waals surface area (Å²) >= 11 is 5.67. The van der Waals surface area contributed by atoms with Gasteiger partial charge in [0.1, 0.15) is 10.7 Å². The van der Waals surface area contributed by atoms with E-state index in [4.69, 9.17) is 11.6 Å². The number of halogens is 1. The number of hydrogen-bond acceptors (Lipinski definition) is 4. The van der Waals surface area contributed by atoms with Gasteiger partial charge in [-0.25, -0.2) is 13.4 Å². The average Bonchev–Trinajstić information content (AvgIpc) is 2.25. The molecule has 1 unspecified atom stereocenters. The highest BCUT2D eigenvalue weighted by molar-refractivity contribution is 7.90. The predicted molar refractivity (Wildman–Crippen MR) is 65.7 cm³/mol. The summed E-state index contributed by atoms with van der Waals surface area (Å²) in [7, 11) is -3.25. The van der Waals surface area contributed by atoms with Gasteiger partial charge in [0.2, 0.25) is 0 Å². The highest BCUT2D eigenvalue weighted by Crippen LogP contribution is 2.17. The third kappa shape index (κ3) is 3.64. The second kappa shape index (κ2) is 5.50. The summed E-state index contributed by atoms with van der Waals surface area (Å²) in [5, 5.41) is 3.00. The van der Waals surface area contributed by atoms with Crippen LogP contribution in [-0.4, -0.2) is 32.1 Å². The Bertz CT molecular complexity index is 448. The number of rotatable bonds is 5. The van der Waals surface area contributed by atoms with Gasteiger partial charge in [-0.15, -0.1) is 11.6 Å². The monoisotopic (exact) mass is 262 g/mol. The quantitative estimate of drug-likeness (QED) is 0.822. The van der Waals surface area contributed by atoms with Crippen LogP contribution in [-0.2, 0) is 9.84 Å². The molecule has 0 radical (unpaired) electrons. The van der Waals surface area contributed by atoms with Crippen LogP contribution in [0.2, 0.25) is 0 Å². The first-order valence-electron chi connectivity index (χ1n) is 4.90. The summed E-state index contributed by atoms with van der Waals surface area (Å²) in [5.41, 5.74) is 0. The van der Waals surface area contributed by atoms with Gasteiger partial charge in [-0.2, -0.15) is 0 Å². The molecular weight excluding hydrogens is 248 g/mol. The Morgan fingerprint density at radius 2 is 2.25 bits per heavy atom. The van der Waals surface area contributed by atoms with Gasteiger partial charge in [0.05, 0.1) is 0 Å². The molecule has 4 nitrogen and oxygen atoms in total. The summed E-state index contributed by atoms with van der Waals surface area (Å²) in [5.74, 6) is 1.17. The van der Waals surface area contributed by atoms with Crippen LogP contribution in [0.1, 0.15) is 6.92 Å². The van der Waals surface area contributed by atoms with Crippen molar-refractivity contribution in [3.8, 4) is 0 Å². The lowest BCUT2D eigenvalue weighted by Gasteiger charge is -2.12. The Hall–Kier alpha value is -0.810. The maximum absolute atomic E-state index is 11.5. The molecule has 90 valence electrons. The Morgan fingerprint density at radius 1 is 1.56 bits per heavy atom. The first kappa shape index (κ1) is 13.3. The van der Waals surface area contributed by atoms with Crippen LogP contribution in [0.3, 0.4) is 0 Å². The van der Waals surface area contributed by atoms with Crippen LogP contribution >= 0.6 is 11.6 Å². The molecule has 1 rings (SSSR count). The SMILES string of the molecule is CC(CCl)CNc1ncccc1S(C)(=O)=O. The van der Waals surface area contributed by atoms with Crippen molar-refractivity contribution in [2.45, 2.75) is 11.8 Å². The van der Waals surface area contributed by atoms with E-state index in [0.29, 0.717) is 18.2 Å². The van der Waals surface area contributed by atoms with Gasteiger partial charge in [0.25, 0.3) is 0 Å². The third-order valence-corrected chi connectivity index (χ3v) is 3.71.